The lowest BCUT2D eigenvalue weighted by Gasteiger charge is -2.08. The number of benzene rings is 2. The van der Waals surface area contributed by atoms with Crippen molar-refractivity contribution in [3.05, 3.63) is 65.7 Å². The van der Waals surface area contributed by atoms with Crippen molar-refractivity contribution in [3.63, 3.8) is 0 Å². The van der Waals surface area contributed by atoms with Crippen LogP contribution in [0.3, 0.4) is 0 Å². The molecule has 0 saturated heterocycles. The van der Waals surface area contributed by atoms with Crippen LogP contribution in [0.4, 0.5) is 5.69 Å². The number of rotatable bonds is 10. The standard InChI is InChI=1S/C23H26N2O5/c1-16(2)8-13-21(27)24-14-22(28)30-15-20(26)17-9-11-19(12-10-17)25-23(29)18-6-4-3-5-7-18/h3-7,9-12,16H,8,13-15H2,1-2H3,(H,24,27)(H,25,29). The van der Waals surface area contributed by atoms with Crippen LogP contribution in [0, 0.1) is 5.92 Å². The molecule has 2 rings (SSSR count). The molecule has 0 aliphatic carbocycles. The number of amides is 2. The molecular weight excluding hydrogens is 384 g/mol. The van der Waals surface area contributed by atoms with Crippen molar-refractivity contribution in [2.24, 2.45) is 5.92 Å². The molecule has 2 aromatic rings. The SMILES string of the molecule is CC(C)CCC(=O)NCC(=O)OCC(=O)c1ccc(NC(=O)c2ccccc2)cc1. The van der Waals surface area contributed by atoms with E-state index in [2.05, 4.69) is 10.6 Å². The summed E-state index contributed by atoms with van der Waals surface area (Å²) in [6.07, 6.45) is 1.08. The normalized spacial score (nSPS) is 10.4. The summed E-state index contributed by atoms with van der Waals surface area (Å²) in [6, 6.07) is 15.1. The van der Waals surface area contributed by atoms with E-state index in [1.807, 2.05) is 19.9 Å². The number of hydrogen-bond acceptors (Lipinski definition) is 5. The zero-order valence-electron chi connectivity index (χ0n) is 17.1. The first-order chi connectivity index (χ1) is 14.3. The van der Waals surface area contributed by atoms with Crippen LogP contribution >= 0.6 is 0 Å². The van der Waals surface area contributed by atoms with Crippen LogP contribution < -0.4 is 10.6 Å². The van der Waals surface area contributed by atoms with E-state index >= 15 is 0 Å². The molecule has 0 heterocycles. The minimum Gasteiger partial charge on any atom is -0.456 e. The summed E-state index contributed by atoms with van der Waals surface area (Å²) in [5.41, 5.74) is 1.42. The monoisotopic (exact) mass is 410 g/mol. The van der Waals surface area contributed by atoms with Crippen LogP contribution in [-0.4, -0.2) is 36.7 Å². The molecule has 0 aromatic heterocycles. The first kappa shape index (κ1) is 22.8. The van der Waals surface area contributed by atoms with Gasteiger partial charge in [0, 0.05) is 23.2 Å². The zero-order valence-corrected chi connectivity index (χ0v) is 17.1. The van der Waals surface area contributed by atoms with Crippen LogP contribution in [-0.2, 0) is 14.3 Å². The maximum Gasteiger partial charge on any atom is 0.325 e. The Labute approximate surface area is 175 Å². The molecule has 7 nitrogen and oxygen atoms in total. The lowest BCUT2D eigenvalue weighted by atomic mass is 10.1. The molecule has 2 N–H and O–H groups in total. The topological polar surface area (TPSA) is 102 Å². The van der Waals surface area contributed by atoms with Crippen LogP contribution in [0.15, 0.2) is 54.6 Å². The van der Waals surface area contributed by atoms with Gasteiger partial charge in [-0.2, -0.15) is 0 Å². The lowest BCUT2D eigenvalue weighted by Crippen LogP contribution is -2.31. The van der Waals surface area contributed by atoms with Gasteiger partial charge in [-0.25, -0.2) is 0 Å². The van der Waals surface area contributed by atoms with Crippen molar-refractivity contribution in [2.45, 2.75) is 26.7 Å². The van der Waals surface area contributed by atoms with Crippen molar-refractivity contribution < 1.29 is 23.9 Å². The molecule has 0 radical (unpaired) electrons. The molecule has 2 amide bonds. The fourth-order valence-corrected chi connectivity index (χ4v) is 2.49. The van der Waals surface area contributed by atoms with Crippen molar-refractivity contribution in [1.82, 2.24) is 5.32 Å². The van der Waals surface area contributed by atoms with Crippen LogP contribution in [0.5, 0.6) is 0 Å². The smallest absolute Gasteiger partial charge is 0.325 e. The molecule has 0 saturated carbocycles. The number of nitrogens with one attached hydrogen (secondary N) is 2. The van der Waals surface area contributed by atoms with Crippen molar-refractivity contribution in [1.29, 1.82) is 0 Å². The second-order valence-electron chi connectivity index (χ2n) is 7.19. The van der Waals surface area contributed by atoms with Gasteiger partial charge in [0.15, 0.2) is 12.4 Å². The third-order valence-electron chi connectivity index (χ3n) is 4.24. The van der Waals surface area contributed by atoms with Crippen molar-refractivity contribution in [3.8, 4) is 0 Å². The largest absolute Gasteiger partial charge is 0.456 e. The lowest BCUT2D eigenvalue weighted by molar-refractivity contribution is -0.142. The summed E-state index contributed by atoms with van der Waals surface area (Å²) in [4.78, 5) is 47.6. The highest BCUT2D eigenvalue weighted by Crippen LogP contribution is 2.12. The molecule has 158 valence electrons. The number of anilines is 1. The fourth-order valence-electron chi connectivity index (χ4n) is 2.49. The Morgan fingerprint density at radius 2 is 1.57 bits per heavy atom. The molecule has 30 heavy (non-hydrogen) atoms. The summed E-state index contributed by atoms with van der Waals surface area (Å²) >= 11 is 0. The summed E-state index contributed by atoms with van der Waals surface area (Å²) in [6.45, 7) is 3.33. The predicted molar refractivity (Wildman–Crippen MR) is 113 cm³/mol. The Kier molecular flexibility index (Phi) is 8.75. The zero-order chi connectivity index (χ0) is 21.9. The van der Waals surface area contributed by atoms with Gasteiger partial charge in [0.1, 0.15) is 6.54 Å². The van der Waals surface area contributed by atoms with Crippen LogP contribution in [0.25, 0.3) is 0 Å². The average molecular weight is 410 g/mol. The molecule has 0 atom stereocenters. The fraction of sp³-hybridized carbons (Fsp3) is 0.304. The molecule has 0 fully saturated rings. The predicted octanol–water partition coefficient (Wildman–Crippen LogP) is 3.22. The highest BCUT2D eigenvalue weighted by molar-refractivity contribution is 6.04. The number of esters is 1. The van der Waals surface area contributed by atoms with Gasteiger partial charge >= 0.3 is 5.97 Å². The first-order valence-corrected chi connectivity index (χ1v) is 9.77. The van der Waals surface area contributed by atoms with Crippen LogP contribution in [0.1, 0.15) is 47.4 Å². The van der Waals surface area contributed by atoms with E-state index in [0.29, 0.717) is 29.2 Å². The molecule has 2 aromatic carbocycles. The van der Waals surface area contributed by atoms with E-state index in [-0.39, 0.29) is 24.1 Å². The number of ether oxygens (including phenoxy) is 1. The van der Waals surface area contributed by atoms with E-state index in [9.17, 15) is 19.2 Å². The number of Topliss-reactive ketones (excluding diaryl/α,β-unsaturated/α-hetero) is 1. The molecule has 0 unspecified atom stereocenters. The van der Waals surface area contributed by atoms with Gasteiger partial charge < -0.3 is 15.4 Å². The maximum atomic E-state index is 12.2. The van der Waals surface area contributed by atoms with Gasteiger partial charge in [0.05, 0.1) is 0 Å². The Morgan fingerprint density at radius 3 is 2.20 bits per heavy atom. The highest BCUT2D eigenvalue weighted by Gasteiger charge is 2.12. The molecule has 0 spiro atoms. The molecule has 0 bridgehead atoms. The quantitative estimate of drug-likeness (QED) is 0.463. The summed E-state index contributed by atoms with van der Waals surface area (Å²) < 4.78 is 4.91. The number of hydrogen-bond donors (Lipinski definition) is 2. The number of ketones is 1. The van der Waals surface area contributed by atoms with Crippen LogP contribution in [0.2, 0.25) is 0 Å². The minimum atomic E-state index is -0.673. The van der Waals surface area contributed by atoms with Gasteiger partial charge in [-0.3, -0.25) is 19.2 Å². The maximum absolute atomic E-state index is 12.2. The first-order valence-electron chi connectivity index (χ1n) is 9.77. The third-order valence-corrected chi connectivity index (χ3v) is 4.24. The van der Waals surface area contributed by atoms with Gasteiger partial charge in [-0.1, -0.05) is 32.0 Å². The van der Waals surface area contributed by atoms with Gasteiger partial charge in [0.2, 0.25) is 5.91 Å². The summed E-state index contributed by atoms with van der Waals surface area (Å²) in [5, 5.41) is 5.22. The second-order valence-corrected chi connectivity index (χ2v) is 7.19. The van der Waals surface area contributed by atoms with Crippen molar-refractivity contribution in [2.75, 3.05) is 18.5 Å². The van der Waals surface area contributed by atoms with E-state index < -0.39 is 12.6 Å². The molecule has 0 aliphatic heterocycles. The number of carbonyl (C=O) groups excluding carboxylic acids is 4. The molecule has 0 aliphatic rings. The van der Waals surface area contributed by atoms with Gasteiger partial charge in [-0.15, -0.1) is 0 Å². The van der Waals surface area contributed by atoms with E-state index in [1.165, 1.54) is 0 Å². The molecule has 7 heteroatoms. The third kappa shape index (κ3) is 7.87. The Morgan fingerprint density at radius 1 is 0.900 bits per heavy atom. The summed E-state index contributed by atoms with van der Waals surface area (Å²) in [7, 11) is 0. The van der Waals surface area contributed by atoms with Crippen molar-refractivity contribution >= 4 is 29.3 Å². The minimum absolute atomic E-state index is 0.222. The molecular formula is C23H26N2O5. The highest BCUT2D eigenvalue weighted by atomic mass is 16.5. The Balaban J connectivity index is 1.76. The van der Waals surface area contributed by atoms with E-state index in [4.69, 9.17) is 4.74 Å². The van der Waals surface area contributed by atoms with E-state index in [1.54, 1.807) is 48.5 Å². The van der Waals surface area contributed by atoms with E-state index in [0.717, 1.165) is 6.42 Å². The Bertz CT molecular complexity index is 876. The summed E-state index contributed by atoms with van der Waals surface area (Å²) in [5.74, 6) is -1.12. The number of carbonyl (C=O) groups is 4. The Hall–Kier alpha value is -3.48. The average Bonchev–Trinajstić information content (AvgIpc) is 2.75. The van der Waals surface area contributed by atoms with Gasteiger partial charge in [0.25, 0.3) is 5.91 Å². The van der Waals surface area contributed by atoms with Gasteiger partial charge in [-0.05, 0) is 48.7 Å². The second kappa shape index (κ2) is 11.5.